The zero-order chi connectivity index (χ0) is 25.8. The number of aryl methyl sites for hydroxylation is 2. The molecule has 0 fully saturated rings. The third-order valence-corrected chi connectivity index (χ3v) is 6.32. The summed E-state index contributed by atoms with van der Waals surface area (Å²) in [4.78, 5) is 39.1. The summed E-state index contributed by atoms with van der Waals surface area (Å²) >= 11 is 0. The third kappa shape index (κ3) is 5.45. The topological polar surface area (TPSA) is 93.5 Å². The van der Waals surface area contributed by atoms with Gasteiger partial charge in [-0.05, 0) is 74.9 Å². The molecule has 0 unspecified atom stereocenters. The van der Waals surface area contributed by atoms with E-state index in [1.54, 1.807) is 16.8 Å². The maximum absolute atomic E-state index is 13.4. The monoisotopic (exact) mass is 492 g/mol. The van der Waals surface area contributed by atoms with Crippen LogP contribution in [0.1, 0.15) is 45.7 Å². The Kier molecular flexibility index (Phi) is 7.47. The molecule has 0 saturated heterocycles. The molecule has 3 aromatic rings. The summed E-state index contributed by atoms with van der Waals surface area (Å²) < 4.78 is 20.3. The SMILES string of the molecule is Cc1cccc(C)c1NC(=O)CN(C)C(=O)COC(=O)c1nn(-c2ccc(F)cc2)c2c1CCCC2. The van der Waals surface area contributed by atoms with Gasteiger partial charge in [0.05, 0.1) is 12.2 Å². The number of nitrogens with one attached hydrogen (secondary N) is 1. The van der Waals surface area contributed by atoms with Crippen molar-refractivity contribution in [3.8, 4) is 5.69 Å². The van der Waals surface area contributed by atoms with Gasteiger partial charge in [0.25, 0.3) is 5.91 Å². The van der Waals surface area contributed by atoms with Gasteiger partial charge in [0.1, 0.15) is 5.82 Å². The van der Waals surface area contributed by atoms with Gasteiger partial charge in [0.2, 0.25) is 5.91 Å². The molecular formula is C27H29FN4O4. The zero-order valence-electron chi connectivity index (χ0n) is 20.6. The van der Waals surface area contributed by atoms with E-state index < -0.39 is 18.5 Å². The number of esters is 1. The molecule has 1 N–H and O–H groups in total. The number of amides is 2. The van der Waals surface area contributed by atoms with Gasteiger partial charge in [0.15, 0.2) is 12.3 Å². The van der Waals surface area contributed by atoms with E-state index >= 15 is 0 Å². The van der Waals surface area contributed by atoms with Gasteiger partial charge in [-0.3, -0.25) is 9.59 Å². The highest BCUT2D eigenvalue weighted by Crippen LogP contribution is 2.27. The van der Waals surface area contributed by atoms with Crippen molar-refractivity contribution < 1.29 is 23.5 Å². The number of benzene rings is 2. The summed E-state index contributed by atoms with van der Waals surface area (Å²) in [5.74, 6) is -1.91. The number of halogens is 1. The lowest BCUT2D eigenvalue weighted by atomic mass is 9.95. The molecule has 1 heterocycles. The second kappa shape index (κ2) is 10.7. The van der Waals surface area contributed by atoms with Crippen LogP contribution in [-0.4, -0.2) is 52.7 Å². The van der Waals surface area contributed by atoms with Crippen molar-refractivity contribution >= 4 is 23.5 Å². The van der Waals surface area contributed by atoms with Crippen molar-refractivity contribution in [1.29, 1.82) is 0 Å². The van der Waals surface area contributed by atoms with Crippen LogP contribution in [0, 0.1) is 19.7 Å². The van der Waals surface area contributed by atoms with E-state index in [2.05, 4.69) is 10.4 Å². The normalized spacial score (nSPS) is 12.6. The number of rotatable bonds is 7. The number of nitrogens with zero attached hydrogens (tertiary/aromatic N) is 3. The molecule has 36 heavy (non-hydrogen) atoms. The van der Waals surface area contributed by atoms with Crippen LogP contribution in [0.15, 0.2) is 42.5 Å². The Balaban J connectivity index is 1.39. The van der Waals surface area contributed by atoms with Crippen molar-refractivity contribution in [1.82, 2.24) is 14.7 Å². The predicted octanol–water partition coefficient (Wildman–Crippen LogP) is 3.76. The van der Waals surface area contributed by atoms with Crippen LogP contribution < -0.4 is 5.32 Å². The fraction of sp³-hybridized carbons (Fsp3) is 0.333. The Labute approximate surface area is 209 Å². The summed E-state index contributed by atoms with van der Waals surface area (Å²) in [5, 5.41) is 7.29. The molecule has 188 valence electrons. The maximum atomic E-state index is 13.4. The van der Waals surface area contributed by atoms with Crippen molar-refractivity contribution in [2.24, 2.45) is 0 Å². The van der Waals surface area contributed by atoms with Crippen LogP contribution in [-0.2, 0) is 27.2 Å². The first-order valence-electron chi connectivity index (χ1n) is 11.9. The van der Waals surface area contributed by atoms with Crippen LogP contribution in [0.3, 0.4) is 0 Å². The molecule has 0 spiro atoms. The van der Waals surface area contributed by atoms with Gasteiger partial charge < -0.3 is 15.0 Å². The van der Waals surface area contributed by atoms with Crippen molar-refractivity contribution in [2.75, 3.05) is 25.5 Å². The summed E-state index contributed by atoms with van der Waals surface area (Å²) in [6, 6.07) is 11.6. The molecule has 8 nitrogen and oxygen atoms in total. The number of hydrogen-bond acceptors (Lipinski definition) is 5. The van der Waals surface area contributed by atoms with Crippen LogP contribution in [0.2, 0.25) is 0 Å². The molecule has 2 amide bonds. The summed E-state index contributed by atoms with van der Waals surface area (Å²) in [7, 11) is 1.48. The van der Waals surface area contributed by atoms with Gasteiger partial charge in [-0.15, -0.1) is 0 Å². The molecule has 4 rings (SSSR count). The largest absolute Gasteiger partial charge is 0.451 e. The number of carbonyl (C=O) groups is 3. The third-order valence-electron chi connectivity index (χ3n) is 6.32. The first-order valence-corrected chi connectivity index (χ1v) is 11.9. The average molecular weight is 493 g/mol. The van der Waals surface area contributed by atoms with E-state index in [-0.39, 0.29) is 24.0 Å². The van der Waals surface area contributed by atoms with Gasteiger partial charge in [-0.2, -0.15) is 5.10 Å². The molecule has 0 aliphatic heterocycles. The lowest BCUT2D eigenvalue weighted by molar-refractivity contribution is -0.136. The summed E-state index contributed by atoms with van der Waals surface area (Å²) in [5.41, 5.74) is 5.08. The number of anilines is 1. The van der Waals surface area contributed by atoms with E-state index in [0.29, 0.717) is 12.1 Å². The van der Waals surface area contributed by atoms with Crippen LogP contribution in [0.5, 0.6) is 0 Å². The molecule has 0 atom stereocenters. The van der Waals surface area contributed by atoms with Crippen molar-refractivity contribution in [3.63, 3.8) is 0 Å². The Morgan fingerprint density at radius 3 is 2.42 bits per heavy atom. The summed E-state index contributed by atoms with van der Waals surface area (Å²) in [6.45, 7) is 3.10. The van der Waals surface area contributed by atoms with Crippen LogP contribution in [0.4, 0.5) is 10.1 Å². The van der Waals surface area contributed by atoms with E-state index in [1.165, 1.54) is 24.1 Å². The number of aromatic nitrogens is 2. The second-order valence-electron chi connectivity index (χ2n) is 9.01. The highest BCUT2D eigenvalue weighted by atomic mass is 19.1. The average Bonchev–Trinajstić information content (AvgIpc) is 3.25. The molecule has 9 heteroatoms. The van der Waals surface area contributed by atoms with Crippen LogP contribution >= 0.6 is 0 Å². The van der Waals surface area contributed by atoms with E-state index in [1.807, 2.05) is 32.0 Å². The van der Waals surface area contributed by atoms with E-state index in [0.717, 1.165) is 47.3 Å². The molecule has 0 radical (unpaired) electrons. The Morgan fingerprint density at radius 2 is 1.72 bits per heavy atom. The lowest BCUT2D eigenvalue weighted by Gasteiger charge is -2.18. The quantitative estimate of drug-likeness (QED) is 0.507. The van der Waals surface area contributed by atoms with Gasteiger partial charge in [0, 0.05) is 24.0 Å². The number of carbonyl (C=O) groups excluding carboxylic acids is 3. The van der Waals surface area contributed by atoms with Gasteiger partial charge >= 0.3 is 5.97 Å². The predicted molar refractivity (Wildman–Crippen MR) is 133 cm³/mol. The number of ether oxygens (including phenoxy) is 1. The minimum absolute atomic E-state index is 0.164. The Hall–Kier alpha value is -4.01. The number of fused-ring (bicyclic) bond motifs is 1. The molecule has 1 aliphatic rings. The summed E-state index contributed by atoms with van der Waals surface area (Å²) in [6.07, 6.45) is 3.29. The van der Waals surface area contributed by atoms with E-state index in [4.69, 9.17) is 4.74 Å². The second-order valence-corrected chi connectivity index (χ2v) is 9.01. The minimum atomic E-state index is -0.698. The number of likely N-dealkylation sites (N-methyl/N-ethyl adjacent to an activating group) is 1. The molecule has 0 bridgehead atoms. The van der Waals surface area contributed by atoms with Gasteiger partial charge in [-0.25, -0.2) is 13.9 Å². The fourth-order valence-corrected chi connectivity index (χ4v) is 4.36. The Bertz CT molecular complexity index is 1280. The first-order chi connectivity index (χ1) is 17.2. The van der Waals surface area contributed by atoms with Gasteiger partial charge in [-0.1, -0.05) is 18.2 Å². The first kappa shape index (κ1) is 25.1. The standard InChI is InChI=1S/C27H29FN4O4/c1-17-7-6-8-18(2)25(17)29-23(33)15-31(3)24(34)16-36-27(35)26-21-9-4-5-10-22(21)32(30-26)20-13-11-19(28)12-14-20/h6-8,11-14H,4-5,9-10,15-16H2,1-3H3,(H,29,33). The molecular weight excluding hydrogens is 463 g/mol. The number of hydrogen-bond donors (Lipinski definition) is 1. The molecule has 1 aliphatic carbocycles. The van der Waals surface area contributed by atoms with Crippen molar-refractivity contribution in [2.45, 2.75) is 39.5 Å². The molecule has 2 aromatic carbocycles. The lowest BCUT2D eigenvalue weighted by Crippen LogP contribution is -2.37. The van der Waals surface area contributed by atoms with Crippen LogP contribution in [0.25, 0.3) is 5.69 Å². The molecule has 1 aromatic heterocycles. The fourth-order valence-electron chi connectivity index (χ4n) is 4.36. The highest BCUT2D eigenvalue weighted by molar-refractivity contribution is 5.96. The van der Waals surface area contributed by atoms with E-state index in [9.17, 15) is 18.8 Å². The molecule has 0 saturated carbocycles. The Morgan fingerprint density at radius 1 is 1.06 bits per heavy atom. The van der Waals surface area contributed by atoms with Crippen molar-refractivity contribution in [3.05, 3.63) is 76.4 Å². The maximum Gasteiger partial charge on any atom is 0.359 e. The minimum Gasteiger partial charge on any atom is -0.451 e. The smallest absolute Gasteiger partial charge is 0.359 e. The highest BCUT2D eigenvalue weighted by Gasteiger charge is 2.27. The zero-order valence-corrected chi connectivity index (χ0v) is 20.6. The number of para-hydroxylation sites is 1.